The second-order valence-corrected chi connectivity index (χ2v) is 7.48. The lowest BCUT2D eigenvalue weighted by Gasteiger charge is -2.18. The fourth-order valence-electron chi connectivity index (χ4n) is 2.33. The van der Waals surface area contributed by atoms with Crippen molar-refractivity contribution < 1.29 is 28.1 Å². The first-order valence-electron chi connectivity index (χ1n) is 7.85. The number of non-ortho nitro benzene ring substituents is 1. The standard InChI is InChI=1S/C15H18N3O7PS/c1-4-24-26(22,25-5-2)13(14(19)23-3)9-17-12-8-10(18(20)21)6-7-11(12)16-15(17)27/h6-9H,4-5H2,1-3H3,(H,16,27)/b13-9+. The second-order valence-electron chi connectivity index (χ2n) is 5.10. The van der Waals surface area contributed by atoms with Crippen LogP contribution in [-0.4, -0.2) is 40.8 Å². The maximum Gasteiger partial charge on any atom is 0.370 e. The van der Waals surface area contributed by atoms with Gasteiger partial charge in [0.25, 0.3) is 5.69 Å². The van der Waals surface area contributed by atoms with Gasteiger partial charge in [-0.1, -0.05) is 0 Å². The third kappa shape index (κ3) is 4.33. The fourth-order valence-corrected chi connectivity index (χ4v) is 4.20. The quantitative estimate of drug-likeness (QED) is 0.172. The molecule has 1 aromatic carbocycles. The first kappa shape index (κ1) is 21.0. The number of hydrogen-bond donors (Lipinski definition) is 1. The molecule has 0 aliphatic carbocycles. The zero-order chi connectivity index (χ0) is 20.2. The molecule has 0 aliphatic rings. The maximum absolute atomic E-state index is 13.1. The molecule has 2 aromatic rings. The topological polar surface area (TPSA) is 126 Å². The van der Waals surface area contributed by atoms with Crippen LogP contribution in [0.4, 0.5) is 5.69 Å². The van der Waals surface area contributed by atoms with Gasteiger partial charge in [-0.15, -0.1) is 0 Å². The van der Waals surface area contributed by atoms with Crippen LogP contribution in [0.2, 0.25) is 0 Å². The van der Waals surface area contributed by atoms with Crippen molar-refractivity contribution in [2.45, 2.75) is 13.8 Å². The van der Waals surface area contributed by atoms with E-state index >= 15 is 0 Å². The van der Waals surface area contributed by atoms with E-state index in [4.69, 9.17) is 26.0 Å². The third-order valence-electron chi connectivity index (χ3n) is 3.45. The van der Waals surface area contributed by atoms with Crippen molar-refractivity contribution in [3.63, 3.8) is 0 Å². The summed E-state index contributed by atoms with van der Waals surface area (Å²) in [7, 11) is -2.88. The van der Waals surface area contributed by atoms with Gasteiger partial charge in [-0.25, -0.2) is 4.79 Å². The number of hydrogen-bond acceptors (Lipinski definition) is 8. The molecule has 0 spiro atoms. The summed E-state index contributed by atoms with van der Waals surface area (Å²) in [6, 6.07) is 4.07. The number of rotatable bonds is 8. The van der Waals surface area contributed by atoms with Gasteiger partial charge in [-0.05, 0) is 32.1 Å². The van der Waals surface area contributed by atoms with E-state index in [1.54, 1.807) is 13.8 Å². The van der Waals surface area contributed by atoms with Crippen molar-refractivity contribution in [3.8, 4) is 0 Å². The molecule has 27 heavy (non-hydrogen) atoms. The molecule has 2 rings (SSSR count). The first-order valence-corrected chi connectivity index (χ1v) is 9.81. The molecule has 0 aliphatic heterocycles. The Morgan fingerprint density at radius 3 is 2.52 bits per heavy atom. The van der Waals surface area contributed by atoms with Crippen molar-refractivity contribution in [2.75, 3.05) is 20.3 Å². The average Bonchev–Trinajstić information content (AvgIpc) is 2.93. The van der Waals surface area contributed by atoms with Crippen LogP contribution >= 0.6 is 19.8 Å². The molecule has 10 nitrogen and oxygen atoms in total. The Morgan fingerprint density at radius 2 is 2.00 bits per heavy atom. The Hall–Kier alpha value is -2.33. The molecule has 0 fully saturated rings. The molecule has 0 amide bonds. The van der Waals surface area contributed by atoms with E-state index in [1.807, 2.05) is 0 Å². The summed E-state index contributed by atoms with van der Waals surface area (Å²) in [5.74, 6) is -0.929. The summed E-state index contributed by atoms with van der Waals surface area (Å²) in [5.41, 5.74) is 0.639. The number of nitrogens with zero attached hydrogens (tertiary/aromatic N) is 2. The van der Waals surface area contributed by atoms with Gasteiger partial charge in [0, 0.05) is 18.3 Å². The summed E-state index contributed by atoms with van der Waals surface area (Å²) >= 11 is 5.22. The number of methoxy groups -OCH3 is 1. The number of benzene rings is 1. The van der Waals surface area contributed by atoms with Crippen molar-refractivity contribution >= 4 is 48.7 Å². The molecule has 0 saturated carbocycles. The predicted octanol–water partition coefficient (Wildman–Crippen LogP) is 3.84. The number of nitro benzene ring substituents is 1. The lowest BCUT2D eigenvalue weighted by Crippen LogP contribution is -2.11. The number of imidazole rings is 1. The smallest absolute Gasteiger partial charge is 0.370 e. The van der Waals surface area contributed by atoms with E-state index in [2.05, 4.69) is 4.98 Å². The summed E-state index contributed by atoms with van der Waals surface area (Å²) < 4.78 is 29.6. The number of carbonyl (C=O) groups is 1. The minimum Gasteiger partial charge on any atom is -0.465 e. The second kappa shape index (κ2) is 8.57. The van der Waals surface area contributed by atoms with E-state index in [-0.39, 0.29) is 29.0 Å². The van der Waals surface area contributed by atoms with Crippen LogP contribution in [0.5, 0.6) is 0 Å². The largest absolute Gasteiger partial charge is 0.465 e. The average molecular weight is 415 g/mol. The van der Waals surface area contributed by atoms with Gasteiger partial charge >= 0.3 is 13.6 Å². The summed E-state index contributed by atoms with van der Waals surface area (Å²) in [5, 5.41) is 10.7. The number of carbonyl (C=O) groups excluding carboxylic acids is 1. The highest BCUT2D eigenvalue weighted by Gasteiger charge is 2.36. The number of esters is 1. The monoisotopic (exact) mass is 415 g/mol. The zero-order valence-electron chi connectivity index (χ0n) is 14.8. The molecular formula is C15H18N3O7PS. The van der Waals surface area contributed by atoms with Gasteiger partial charge in [-0.2, -0.15) is 0 Å². The summed E-state index contributed by atoms with van der Waals surface area (Å²) in [4.78, 5) is 25.6. The van der Waals surface area contributed by atoms with E-state index in [1.165, 1.54) is 22.8 Å². The van der Waals surface area contributed by atoms with Crippen LogP contribution in [0, 0.1) is 14.9 Å². The number of nitro groups is 1. The molecule has 12 heteroatoms. The molecular weight excluding hydrogens is 397 g/mol. The summed E-state index contributed by atoms with van der Waals surface area (Å²) in [6.07, 6.45) is 1.16. The van der Waals surface area contributed by atoms with Gasteiger partial charge in [0.05, 0.1) is 36.3 Å². The molecule has 1 N–H and O–H groups in total. The van der Waals surface area contributed by atoms with Crippen LogP contribution in [0.3, 0.4) is 0 Å². The first-order chi connectivity index (χ1) is 12.8. The highest BCUT2D eigenvalue weighted by molar-refractivity contribution is 7.71. The Bertz CT molecular complexity index is 1000. The van der Waals surface area contributed by atoms with Crippen LogP contribution in [0.15, 0.2) is 23.5 Å². The predicted molar refractivity (Wildman–Crippen MR) is 101 cm³/mol. The SMILES string of the molecule is CCOP(=O)(OCC)/C(=C/n1c(=S)[nH]c2ccc([N+](=O)[O-])cc21)C(=O)OC. The number of aromatic amines is 1. The van der Waals surface area contributed by atoms with Crippen molar-refractivity contribution in [1.82, 2.24) is 9.55 Å². The van der Waals surface area contributed by atoms with Crippen LogP contribution in [0.25, 0.3) is 17.2 Å². The lowest BCUT2D eigenvalue weighted by molar-refractivity contribution is -0.384. The molecule has 0 bridgehead atoms. The van der Waals surface area contributed by atoms with Crippen molar-refractivity contribution in [1.29, 1.82) is 0 Å². The Balaban J connectivity index is 2.76. The van der Waals surface area contributed by atoms with Gasteiger partial charge in [0.2, 0.25) is 0 Å². The third-order valence-corrected chi connectivity index (χ3v) is 5.83. The normalized spacial score (nSPS) is 12.3. The molecule has 1 aromatic heterocycles. The molecule has 0 atom stereocenters. The van der Waals surface area contributed by atoms with Crippen LogP contribution in [0.1, 0.15) is 13.8 Å². The van der Waals surface area contributed by atoms with E-state index in [0.717, 1.165) is 13.3 Å². The number of aromatic nitrogens is 2. The van der Waals surface area contributed by atoms with Crippen molar-refractivity contribution in [3.05, 3.63) is 38.4 Å². The van der Waals surface area contributed by atoms with E-state index in [9.17, 15) is 19.5 Å². The van der Waals surface area contributed by atoms with Crippen LogP contribution in [-0.2, 0) is 23.1 Å². The fraction of sp³-hybridized carbons (Fsp3) is 0.333. The van der Waals surface area contributed by atoms with E-state index in [0.29, 0.717) is 11.0 Å². The molecule has 1 heterocycles. The number of H-pyrrole nitrogens is 1. The van der Waals surface area contributed by atoms with Gasteiger partial charge in [-0.3, -0.25) is 19.2 Å². The van der Waals surface area contributed by atoms with Gasteiger partial charge in [0.15, 0.2) is 10.1 Å². The number of fused-ring (bicyclic) bond motifs is 1. The Kier molecular flexibility index (Phi) is 6.66. The van der Waals surface area contributed by atoms with Crippen LogP contribution < -0.4 is 0 Å². The molecule has 0 radical (unpaired) electrons. The van der Waals surface area contributed by atoms with E-state index < -0.39 is 18.5 Å². The molecule has 0 unspecified atom stereocenters. The molecule has 146 valence electrons. The van der Waals surface area contributed by atoms with Crippen molar-refractivity contribution in [2.24, 2.45) is 0 Å². The van der Waals surface area contributed by atoms with Gasteiger partial charge in [0.1, 0.15) is 0 Å². The zero-order valence-corrected chi connectivity index (χ0v) is 16.5. The minimum absolute atomic E-state index is 0.0242. The highest BCUT2D eigenvalue weighted by atomic mass is 32.1. The maximum atomic E-state index is 13.1. The molecule has 0 saturated heterocycles. The highest BCUT2D eigenvalue weighted by Crippen LogP contribution is 2.56. The number of ether oxygens (including phenoxy) is 1. The number of nitrogens with one attached hydrogen (secondary N) is 1. The van der Waals surface area contributed by atoms with Gasteiger partial charge < -0.3 is 18.8 Å². The Morgan fingerprint density at radius 1 is 1.37 bits per heavy atom. The lowest BCUT2D eigenvalue weighted by atomic mass is 10.3. The minimum atomic E-state index is -4.00. The Labute approximate surface area is 159 Å². The summed E-state index contributed by atoms with van der Waals surface area (Å²) in [6.45, 7) is 3.25.